The fraction of sp³-hybridized carbons (Fsp3) is 0.154. The van der Waals surface area contributed by atoms with Crippen molar-refractivity contribution in [2.45, 2.75) is 12.8 Å². The van der Waals surface area contributed by atoms with Crippen LogP contribution >= 0.6 is 0 Å². The van der Waals surface area contributed by atoms with E-state index in [-0.39, 0.29) is 0 Å². The van der Waals surface area contributed by atoms with E-state index in [4.69, 9.17) is 0 Å². The molecule has 1 aromatic carbocycles. The Balaban J connectivity index is 2.04. The molecule has 3 nitrogen and oxygen atoms in total. The van der Waals surface area contributed by atoms with Crippen LogP contribution in [0, 0.1) is 0 Å². The molecule has 2 heterocycles. The minimum Gasteiger partial charge on any atom is -0.359 e. The van der Waals surface area contributed by atoms with Crippen molar-refractivity contribution in [3.63, 3.8) is 0 Å². The van der Waals surface area contributed by atoms with E-state index in [2.05, 4.69) is 35.1 Å². The van der Waals surface area contributed by atoms with Gasteiger partial charge in [-0.1, -0.05) is 12.6 Å². The average molecular weight is 211 g/mol. The number of imidazole rings is 1. The van der Waals surface area contributed by atoms with Crippen LogP contribution in [0.2, 0.25) is 0 Å². The van der Waals surface area contributed by atoms with Crippen molar-refractivity contribution in [3.05, 3.63) is 54.8 Å². The molecule has 1 aliphatic heterocycles. The van der Waals surface area contributed by atoms with E-state index in [9.17, 15) is 0 Å². The van der Waals surface area contributed by atoms with E-state index in [1.807, 2.05) is 10.8 Å². The summed E-state index contributed by atoms with van der Waals surface area (Å²) in [4.78, 5) is 4.05. The Labute approximate surface area is 94.4 Å². The van der Waals surface area contributed by atoms with E-state index < -0.39 is 0 Å². The molecule has 0 bridgehead atoms. The maximum absolute atomic E-state index is 4.05. The lowest BCUT2D eigenvalue weighted by Crippen LogP contribution is -2.09. The molecule has 3 rings (SSSR count). The third kappa shape index (κ3) is 1.50. The van der Waals surface area contributed by atoms with Gasteiger partial charge in [0.25, 0.3) is 0 Å². The minimum atomic E-state index is 1.03. The molecule has 0 spiro atoms. The topological polar surface area (TPSA) is 29.9 Å². The molecular formula is C13H13N3. The second kappa shape index (κ2) is 3.52. The monoisotopic (exact) mass is 211 g/mol. The van der Waals surface area contributed by atoms with Gasteiger partial charge in [0.05, 0.1) is 6.33 Å². The first-order valence-corrected chi connectivity index (χ1v) is 5.39. The molecule has 0 radical (unpaired) electrons. The molecule has 1 N–H and O–H groups in total. The lowest BCUT2D eigenvalue weighted by atomic mass is 10.0. The molecule has 0 saturated heterocycles. The number of anilines is 1. The number of nitrogens with zero attached hydrogens (tertiary/aromatic N) is 2. The fourth-order valence-electron chi connectivity index (χ4n) is 2.01. The lowest BCUT2D eigenvalue weighted by Gasteiger charge is -2.20. The zero-order valence-electron chi connectivity index (χ0n) is 8.98. The molecule has 80 valence electrons. The van der Waals surface area contributed by atoms with Crippen LogP contribution in [0.1, 0.15) is 12.0 Å². The Morgan fingerprint density at radius 2 is 2.25 bits per heavy atom. The fourth-order valence-corrected chi connectivity index (χ4v) is 2.01. The second-order valence-electron chi connectivity index (χ2n) is 4.04. The smallest absolute Gasteiger partial charge is 0.0991 e. The largest absolute Gasteiger partial charge is 0.359 e. The number of hydrogen-bond donors (Lipinski definition) is 1. The molecular weight excluding hydrogens is 198 g/mol. The lowest BCUT2D eigenvalue weighted by molar-refractivity contribution is 0.915. The molecule has 1 aliphatic rings. The molecule has 3 heteroatoms. The van der Waals surface area contributed by atoms with Gasteiger partial charge in [0.2, 0.25) is 0 Å². The van der Waals surface area contributed by atoms with E-state index in [0.717, 1.165) is 24.2 Å². The molecule has 0 fully saturated rings. The minimum absolute atomic E-state index is 1.03. The van der Waals surface area contributed by atoms with Gasteiger partial charge in [-0.15, -0.1) is 0 Å². The zero-order chi connectivity index (χ0) is 11.0. The number of nitrogens with one attached hydrogen (secondary N) is 1. The Morgan fingerprint density at radius 3 is 3.06 bits per heavy atom. The summed E-state index contributed by atoms with van der Waals surface area (Å²) in [5.74, 6) is 0. The highest BCUT2D eigenvalue weighted by Crippen LogP contribution is 2.27. The van der Waals surface area contributed by atoms with E-state index in [1.165, 1.54) is 11.3 Å². The van der Waals surface area contributed by atoms with Gasteiger partial charge in [0.1, 0.15) is 0 Å². The molecule has 0 atom stereocenters. The normalized spacial score (nSPS) is 14.4. The van der Waals surface area contributed by atoms with E-state index >= 15 is 0 Å². The van der Waals surface area contributed by atoms with Crippen LogP contribution < -0.4 is 5.32 Å². The maximum Gasteiger partial charge on any atom is 0.0991 e. The van der Waals surface area contributed by atoms with Crippen molar-refractivity contribution in [2.75, 3.05) is 5.32 Å². The highest BCUT2D eigenvalue weighted by atomic mass is 15.0. The molecule has 0 saturated carbocycles. The van der Waals surface area contributed by atoms with E-state index in [1.54, 1.807) is 12.5 Å². The van der Waals surface area contributed by atoms with Crippen molar-refractivity contribution < 1.29 is 0 Å². The van der Waals surface area contributed by atoms with Crippen molar-refractivity contribution in [3.8, 4) is 5.69 Å². The van der Waals surface area contributed by atoms with Crippen LogP contribution in [0.25, 0.3) is 5.69 Å². The highest BCUT2D eigenvalue weighted by molar-refractivity contribution is 5.61. The molecule has 1 aromatic heterocycles. The Morgan fingerprint density at radius 1 is 1.31 bits per heavy atom. The number of rotatable bonds is 1. The summed E-state index contributed by atoms with van der Waals surface area (Å²) in [6, 6.07) is 6.43. The molecule has 0 aliphatic carbocycles. The zero-order valence-corrected chi connectivity index (χ0v) is 8.98. The number of aryl methyl sites for hydroxylation is 1. The summed E-state index contributed by atoms with van der Waals surface area (Å²) < 4.78 is 2.00. The van der Waals surface area contributed by atoms with Gasteiger partial charge in [0, 0.05) is 29.5 Å². The third-order valence-corrected chi connectivity index (χ3v) is 2.90. The van der Waals surface area contributed by atoms with Crippen LogP contribution in [0.5, 0.6) is 0 Å². The Bertz CT molecular complexity index is 526. The number of allylic oxidation sites excluding steroid dienone is 1. The van der Waals surface area contributed by atoms with Crippen molar-refractivity contribution in [2.24, 2.45) is 0 Å². The van der Waals surface area contributed by atoms with Gasteiger partial charge in [-0.3, -0.25) is 0 Å². The Hall–Kier alpha value is -2.03. The SMILES string of the molecule is C=C1CCc2ccc(-n3ccnc3)cc2N1. The van der Waals surface area contributed by atoms with Crippen LogP contribution in [0.4, 0.5) is 5.69 Å². The van der Waals surface area contributed by atoms with Crippen molar-refractivity contribution in [1.82, 2.24) is 9.55 Å². The number of fused-ring (bicyclic) bond motifs is 1. The third-order valence-electron chi connectivity index (χ3n) is 2.90. The van der Waals surface area contributed by atoms with Gasteiger partial charge >= 0.3 is 0 Å². The molecule has 0 amide bonds. The standard InChI is InChI=1S/C13H13N3/c1-10-2-3-11-4-5-12(8-13(11)15-10)16-7-6-14-9-16/h4-9,15H,1-3H2. The van der Waals surface area contributed by atoms with Crippen molar-refractivity contribution in [1.29, 1.82) is 0 Å². The van der Waals surface area contributed by atoms with E-state index in [0.29, 0.717) is 0 Å². The predicted octanol–water partition coefficient (Wildman–Crippen LogP) is 2.74. The second-order valence-corrected chi connectivity index (χ2v) is 4.04. The van der Waals surface area contributed by atoms with Crippen molar-refractivity contribution >= 4 is 5.69 Å². The summed E-state index contributed by atoms with van der Waals surface area (Å²) in [6.07, 6.45) is 7.63. The summed E-state index contributed by atoms with van der Waals surface area (Å²) in [7, 11) is 0. The van der Waals surface area contributed by atoms with Crippen LogP contribution in [0.3, 0.4) is 0 Å². The highest BCUT2D eigenvalue weighted by Gasteiger charge is 2.11. The first kappa shape index (κ1) is 9.21. The van der Waals surface area contributed by atoms with Crippen LogP contribution in [-0.4, -0.2) is 9.55 Å². The number of aromatic nitrogens is 2. The van der Waals surface area contributed by atoms with Gasteiger partial charge < -0.3 is 9.88 Å². The first-order chi connectivity index (χ1) is 7.83. The number of hydrogen-bond acceptors (Lipinski definition) is 2. The molecule has 16 heavy (non-hydrogen) atoms. The maximum atomic E-state index is 4.05. The Kier molecular flexibility index (Phi) is 2.03. The molecule has 0 unspecified atom stereocenters. The number of benzene rings is 1. The summed E-state index contributed by atoms with van der Waals surface area (Å²) in [5, 5.41) is 3.33. The van der Waals surface area contributed by atoms with Crippen LogP contribution in [-0.2, 0) is 6.42 Å². The van der Waals surface area contributed by atoms with Crippen LogP contribution in [0.15, 0.2) is 49.2 Å². The summed E-state index contributed by atoms with van der Waals surface area (Å²) in [6.45, 7) is 3.98. The van der Waals surface area contributed by atoms with Gasteiger partial charge in [0.15, 0.2) is 0 Å². The molecule has 2 aromatic rings. The van der Waals surface area contributed by atoms with Gasteiger partial charge in [-0.25, -0.2) is 4.98 Å². The summed E-state index contributed by atoms with van der Waals surface area (Å²) >= 11 is 0. The van der Waals surface area contributed by atoms with Gasteiger partial charge in [-0.2, -0.15) is 0 Å². The first-order valence-electron chi connectivity index (χ1n) is 5.39. The van der Waals surface area contributed by atoms with Gasteiger partial charge in [-0.05, 0) is 30.5 Å². The quantitative estimate of drug-likeness (QED) is 0.786. The average Bonchev–Trinajstić information content (AvgIpc) is 2.81. The summed E-state index contributed by atoms with van der Waals surface area (Å²) in [5.41, 5.74) is 4.74. The predicted molar refractivity (Wildman–Crippen MR) is 64.6 cm³/mol.